The number of amides is 3. The number of benzene rings is 2. The molecule has 3 aromatic rings. The van der Waals surface area contributed by atoms with E-state index in [1.165, 1.54) is 17.0 Å². The Morgan fingerprint density at radius 1 is 0.971 bits per heavy atom. The van der Waals surface area contributed by atoms with Crippen LogP contribution in [0.3, 0.4) is 0 Å². The summed E-state index contributed by atoms with van der Waals surface area (Å²) in [5, 5.41) is 2.81. The summed E-state index contributed by atoms with van der Waals surface area (Å²) in [5.74, 6) is -0.511. The number of anilines is 1. The van der Waals surface area contributed by atoms with Gasteiger partial charge in [0.05, 0.1) is 6.54 Å². The number of hydrogen-bond acceptors (Lipinski definition) is 3. The molecule has 1 heterocycles. The molecule has 3 amide bonds. The fraction of sp³-hybridized carbons (Fsp3) is 0.357. The highest BCUT2D eigenvalue weighted by molar-refractivity contribution is 7.11. The summed E-state index contributed by atoms with van der Waals surface area (Å²) >= 11 is 1.68. The second kappa shape index (κ2) is 12.0. The van der Waals surface area contributed by atoms with E-state index >= 15 is 0 Å². The largest absolute Gasteiger partial charge is 0.332 e. The number of aryl methyl sites for hydroxylation is 1. The zero-order valence-corrected chi connectivity index (χ0v) is 20.9. The maximum atomic E-state index is 13.7. The van der Waals surface area contributed by atoms with E-state index in [1.807, 2.05) is 35.2 Å². The van der Waals surface area contributed by atoms with Crippen LogP contribution < -0.4 is 5.32 Å². The van der Waals surface area contributed by atoms with Crippen molar-refractivity contribution in [1.82, 2.24) is 9.80 Å². The summed E-state index contributed by atoms with van der Waals surface area (Å²) in [6.07, 6.45) is 4.94. The van der Waals surface area contributed by atoms with Crippen molar-refractivity contribution in [3.63, 3.8) is 0 Å². The molecular formula is C28H32FN3O2S. The summed E-state index contributed by atoms with van der Waals surface area (Å²) in [5.41, 5.74) is 1.43. The van der Waals surface area contributed by atoms with Crippen molar-refractivity contribution in [2.75, 3.05) is 11.9 Å². The zero-order chi connectivity index (χ0) is 24.6. The van der Waals surface area contributed by atoms with Gasteiger partial charge < -0.3 is 15.1 Å². The Labute approximate surface area is 210 Å². The van der Waals surface area contributed by atoms with Crippen molar-refractivity contribution in [2.24, 2.45) is 0 Å². The Morgan fingerprint density at radius 2 is 1.74 bits per heavy atom. The smallest absolute Gasteiger partial charge is 0.322 e. The third-order valence-electron chi connectivity index (χ3n) is 6.37. The van der Waals surface area contributed by atoms with Crippen LogP contribution in [0.1, 0.15) is 47.4 Å². The number of thiophene rings is 1. The molecule has 35 heavy (non-hydrogen) atoms. The van der Waals surface area contributed by atoms with Crippen LogP contribution in [-0.2, 0) is 17.9 Å². The van der Waals surface area contributed by atoms with Gasteiger partial charge in [0.15, 0.2) is 0 Å². The molecule has 4 rings (SSSR count). The van der Waals surface area contributed by atoms with Crippen LogP contribution in [-0.4, -0.2) is 34.3 Å². The number of urea groups is 1. The molecule has 7 heteroatoms. The summed E-state index contributed by atoms with van der Waals surface area (Å²) < 4.78 is 13.7. The van der Waals surface area contributed by atoms with Crippen molar-refractivity contribution >= 4 is 29.0 Å². The van der Waals surface area contributed by atoms with E-state index < -0.39 is 5.82 Å². The van der Waals surface area contributed by atoms with Crippen molar-refractivity contribution in [2.45, 2.75) is 58.2 Å². The highest BCUT2D eigenvalue weighted by Gasteiger charge is 2.29. The molecule has 0 aliphatic heterocycles. The van der Waals surface area contributed by atoms with E-state index in [0.29, 0.717) is 18.8 Å². The highest BCUT2D eigenvalue weighted by atomic mass is 32.1. The fourth-order valence-electron chi connectivity index (χ4n) is 4.56. The van der Waals surface area contributed by atoms with Gasteiger partial charge in [-0.25, -0.2) is 9.18 Å². The van der Waals surface area contributed by atoms with Crippen LogP contribution in [0, 0.1) is 12.7 Å². The number of carbonyl (C=O) groups is 2. The summed E-state index contributed by atoms with van der Waals surface area (Å²) in [7, 11) is 0. The van der Waals surface area contributed by atoms with Crippen LogP contribution in [0.25, 0.3) is 0 Å². The maximum absolute atomic E-state index is 13.7. The van der Waals surface area contributed by atoms with Gasteiger partial charge in [-0.15, -0.1) is 11.3 Å². The number of rotatable bonds is 8. The topological polar surface area (TPSA) is 52.7 Å². The lowest BCUT2D eigenvalue weighted by molar-refractivity contribution is -0.133. The van der Waals surface area contributed by atoms with Gasteiger partial charge in [0.1, 0.15) is 12.4 Å². The molecule has 2 aromatic carbocycles. The van der Waals surface area contributed by atoms with Gasteiger partial charge in [-0.05, 0) is 55.7 Å². The van der Waals surface area contributed by atoms with Crippen molar-refractivity contribution in [3.05, 3.63) is 87.9 Å². The lowest BCUT2D eigenvalue weighted by atomic mass is 9.94. The van der Waals surface area contributed by atoms with Crippen LogP contribution in [0.15, 0.2) is 66.7 Å². The number of carbonyl (C=O) groups excluding carboxylic acids is 2. The highest BCUT2D eigenvalue weighted by Crippen LogP contribution is 2.25. The van der Waals surface area contributed by atoms with Crippen molar-refractivity contribution < 1.29 is 14.0 Å². The van der Waals surface area contributed by atoms with Gasteiger partial charge in [-0.2, -0.15) is 0 Å². The molecule has 1 aromatic heterocycles. The molecule has 0 bridgehead atoms. The lowest BCUT2D eigenvalue weighted by Crippen LogP contribution is -2.49. The number of nitrogens with zero attached hydrogens (tertiary/aromatic N) is 2. The molecule has 1 fully saturated rings. The third kappa shape index (κ3) is 7.15. The first kappa shape index (κ1) is 24.9. The second-order valence-corrected chi connectivity index (χ2v) is 10.5. The molecular weight excluding hydrogens is 461 g/mol. The number of hydrogen-bond donors (Lipinski definition) is 1. The zero-order valence-electron chi connectivity index (χ0n) is 20.1. The van der Waals surface area contributed by atoms with Gasteiger partial charge in [0, 0.05) is 28.0 Å². The fourth-order valence-corrected chi connectivity index (χ4v) is 5.47. The Bertz CT molecular complexity index is 1130. The second-order valence-electron chi connectivity index (χ2n) is 9.11. The molecule has 0 unspecified atom stereocenters. The van der Waals surface area contributed by atoms with Crippen molar-refractivity contribution in [3.8, 4) is 0 Å². The standard InChI is InChI=1S/C28H32FN3O2S/c1-21-15-16-26(35-21)19-31(18-22-9-4-2-5-10-22)27(33)20-32(25-13-6-3-7-14-25)28(34)30-24-12-8-11-23(29)17-24/h2,4-5,8-12,15-17,25H,3,6-7,13-14,18-20H2,1H3,(H,30,34). The molecule has 184 valence electrons. The van der Waals surface area contributed by atoms with Gasteiger partial charge in [0.25, 0.3) is 0 Å². The first-order chi connectivity index (χ1) is 17.0. The number of nitrogens with one attached hydrogen (secondary N) is 1. The third-order valence-corrected chi connectivity index (χ3v) is 7.35. The van der Waals surface area contributed by atoms with E-state index in [1.54, 1.807) is 28.4 Å². The normalized spacial score (nSPS) is 13.9. The minimum absolute atomic E-state index is 0.0104. The minimum atomic E-state index is -0.414. The molecule has 0 spiro atoms. The average molecular weight is 494 g/mol. The van der Waals surface area contributed by atoms with Crippen LogP contribution in [0.4, 0.5) is 14.9 Å². The van der Waals surface area contributed by atoms with E-state index in [0.717, 1.165) is 42.5 Å². The molecule has 0 saturated heterocycles. The molecule has 0 radical (unpaired) electrons. The van der Waals surface area contributed by atoms with Crippen LogP contribution >= 0.6 is 11.3 Å². The monoisotopic (exact) mass is 493 g/mol. The first-order valence-corrected chi connectivity index (χ1v) is 13.0. The van der Waals surface area contributed by atoms with Crippen LogP contribution in [0.2, 0.25) is 0 Å². The molecule has 1 saturated carbocycles. The minimum Gasteiger partial charge on any atom is -0.332 e. The van der Waals surface area contributed by atoms with E-state index in [2.05, 4.69) is 24.4 Å². The van der Waals surface area contributed by atoms with E-state index in [4.69, 9.17) is 0 Å². The summed E-state index contributed by atoms with van der Waals surface area (Å²) in [4.78, 5) is 32.8. The summed E-state index contributed by atoms with van der Waals surface area (Å²) in [6.45, 7) is 3.01. The first-order valence-electron chi connectivity index (χ1n) is 12.2. The average Bonchev–Trinajstić information content (AvgIpc) is 3.27. The Morgan fingerprint density at radius 3 is 2.43 bits per heavy atom. The molecule has 1 aliphatic rings. The Kier molecular flexibility index (Phi) is 8.53. The van der Waals surface area contributed by atoms with E-state index in [-0.39, 0.29) is 24.5 Å². The molecule has 5 nitrogen and oxygen atoms in total. The van der Waals surface area contributed by atoms with Crippen molar-refractivity contribution in [1.29, 1.82) is 0 Å². The quantitative estimate of drug-likeness (QED) is 0.385. The van der Waals surface area contributed by atoms with Crippen LogP contribution in [0.5, 0.6) is 0 Å². The van der Waals surface area contributed by atoms with Gasteiger partial charge in [-0.1, -0.05) is 55.7 Å². The Balaban J connectivity index is 1.54. The molecule has 1 aliphatic carbocycles. The maximum Gasteiger partial charge on any atom is 0.322 e. The Hall–Kier alpha value is -3.19. The molecule has 0 atom stereocenters. The lowest BCUT2D eigenvalue weighted by Gasteiger charge is -2.35. The molecule has 1 N–H and O–H groups in total. The SMILES string of the molecule is Cc1ccc(CN(Cc2ccccc2)C(=O)CN(C(=O)Nc2cccc(F)c2)C2CCCCC2)s1. The predicted octanol–water partition coefficient (Wildman–Crippen LogP) is 6.59. The number of halogens is 1. The van der Waals surface area contributed by atoms with Gasteiger partial charge in [0.2, 0.25) is 5.91 Å². The van der Waals surface area contributed by atoms with Gasteiger partial charge >= 0.3 is 6.03 Å². The predicted molar refractivity (Wildman–Crippen MR) is 139 cm³/mol. The summed E-state index contributed by atoms with van der Waals surface area (Å²) in [6, 6.07) is 19.5. The van der Waals surface area contributed by atoms with E-state index in [9.17, 15) is 14.0 Å². The van der Waals surface area contributed by atoms with Gasteiger partial charge in [-0.3, -0.25) is 4.79 Å².